The fraction of sp³-hybridized carbons (Fsp3) is 0.474. The van der Waals surface area contributed by atoms with E-state index in [1.165, 1.54) is 0 Å². The lowest BCUT2D eigenvalue weighted by Crippen LogP contribution is -2.49. The number of hydrogen-bond acceptors (Lipinski definition) is 5. The van der Waals surface area contributed by atoms with Gasteiger partial charge in [-0.05, 0) is 30.2 Å². The quantitative estimate of drug-likeness (QED) is 0.658. The van der Waals surface area contributed by atoms with Gasteiger partial charge in [0.1, 0.15) is 11.5 Å². The minimum atomic E-state index is -0.336. The number of rotatable bonds is 4. The third-order valence-electron chi connectivity index (χ3n) is 4.91. The summed E-state index contributed by atoms with van der Waals surface area (Å²) in [5.74, 6) is 1.44. The molecular weight excluding hydrogens is 320 g/mol. The van der Waals surface area contributed by atoms with Crippen LogP contribution in [-0.2, 0) is 4.79 Å². The summed E-state index contributed by atoms with van der Waals surface area (Å²) in [7, 11) is 0. The highest BCUT2D eigenvalue weighted by molar-refractivity contribution is 5.91. The maximum atomic E-state index is 12.9. The van der Waals surface area contributed by atoms with Gasteiger partial charge in [-0.1, -0.05) is 25.9 Å². The van der Waals surface area contributed by atoms with Crippen LogP contribution in [0.1, 0.15) is 57.2 Å². The van der Waals surface area contributed by atoms with Gasteiger partial charge in [-0.3, -0.25) is 4.79 Å². The summed E-state index contributed by atoms with van der Waals surface area (Å²) < 4.78 is 11.3. The molecule has 25 heavy (non-hydrogen) atoms. The first-order valence-corrected chi connectivity index (χ1v) is 8.67. The molecule has 3 heterocycles. The molecule has 2 unspecified atom stereocenters. The number of oxime groups is 1. The fourth-order valence-electron chi connectivity index (χ4n) is 3.84. The fourth-order valence-corrected chi connectivity index (χ4v) is 3.84. The number of carbonyl (C=O) groups is 1. The second kappa shape index (κ2) is 7.17. The molecule has 2 aromatic heterocycles. The van der Waals surface area contributed by atoms with Crippen molar-refractivity contribution < 1.29 is 18.8 Å². The average Bonchev–Trinajstić information content (AvgIpc) is 3.32. The molecule has 0 aliphatic carbocycles. The Kier molecular flexibility index (Phi) is 4.97. The molecule has 1 N–H and O–H groups in total. The normalized spacial score (nSPS) is 25.7. The van der Waals surface area contributed by atoms with Crippen molar-refractivity contribution in [2.45, 2.75) is 45.7 Å². The molecule has 1 fully saturated rings. The average molecular weight is 344 g/mol. The topological polar surface area (TPSA) is 79.2 Å². The molecule has 0 radical (unpaired) electrons. The van der Waals surface area contributed by atoms with Crippen LogP contribution >= 0.6 is 0 Å². The van der Waals surface area contributed by atoms with Crippen molar-refractivity contribution >= 4 is 11.6 Å². The first kappa shape index (κ1) is 17.3. The number of carbonyl (C=O) groups excluding carboxylic acids is 1. The molecular formula is C19H24N2O4. The van der Waals surface area contributed by atoms with Crippen LogP contribution in [0.3, 0.4) is 0 Å². The van der Waals surface area contributed by atoms with Crippen LogP contribution in [0.25, 0.3) is 0 Å². The van der Waals surface area contributed by atoms with Gasteiger partial charge in [-0.2, -0.15) is 0 Å². The van der Waals surface area contributed by atoms with E-state index >= 15 is 0 Å². The third kappa shape index (κ3) is 3.08. The Morgan fingerprint density at radius 2 is 1.92 bits per heavy atom. The lowest BCUT2D eigenvalue weighted by Gasteiger charge is -2.46. The standard InChI is InChI=1S/C19H24N2O4/c1-4-17(22)21-14(15-7-5-9-24-15)11-13(20-23)18(12(2)3)19(21)16-8-6-10-25-16/h5-10,12,14,18-19,23H,4,11H2,1-3H3/b20-13+/t14?,18-,19?/m0/s1. The Balaban J connectivity index is 2.15. The van der Waals surface area contributed by atoms with Crippen molar-refractivity contribution in [3.05, 3.63) is 48.3 Å². The minimum Gasteiger partial charge on any atom is -0.467 e. The molecule has 1 amide bonds. The molecule has 0 bridgehead atoms. The number of amides is 1. The first-order valence-electron chi connectivity index (χ1n) is 8.67. The Bertz CT molecular complexity index is 719. The molecule has 0 saturated carbocycles. The van der Waals surface area contributed by atoms with Crippen LogP contribution in [-0.4, -0.2) is 21.7 Å². The zero-order chi connectivity index (χ0) is 18.0. The highest BCUT2D eigenvalue weighted by Crippen LogP contribution is 2.46. The molecule has 1 aliphatic rings. The van der Waals surface area contributed by atoms with Gasteiger partial charge in [-0.25, -0.2) is 0 Å². The van der Waals surface area contributed by atoms with E-state index in [4.69, 9.17) is 8.83 Å². The Labute approximate surface area is 147 Å². The summed E-state index contributed by atoms with van der Waals surface area (Å²) in [6.45, 7) is 5.97. The van der Waals surface area contributed by atoms with E-state index in [0.717, 1.165) is 0 Å². The number of nitrogens with zero attached hydrogens (tertiary/aromatic N) is 2. The smallest absolute Gasteiger partial charge is 0.223 e. The first-order chi connectivity index (χ1) is 12.1. The van der Waals surface area contributed by atoms with E-state index in [0.29, 0.717) is 30.1 Å². The number of furan rings is 2. The largest absolute Gasteiger partial charge is 0.467 e. The minimum absolute atomic E-state index is 0.0189. The number of piperidine rings is 1. The van der Waals surface area contributed by atoms with Crippen molar-refractivity contribution in [1.82, 2.24) is 4.90 Å². The Morgan fingerprint density at radius 1 is 1.28 bits per heavy atom. The molecule has 3 rings (SSSR count). The van der Waals surface area contributed by atoms with Crippen LogP contribution in [0.5, 0.6) is 0 Å². The van der Waals surface area contributed by atoms with E-state index in [9.17, 15) is 10.0 Å². The van der Waals surface area contributed by atoms with Crippen LogP contribution in [0, 0.1) is 11.8 Å². The number of hydrogen-bond donors (Lipinski definition) is 1. The van der Waals surface area contributed by atoms with E-state index in [1.807, 2.05) is 30.0 Å². The van der Waals surface area contributed by atoms with E-state index in [-0.39, 0.29) is 29.8 Å². The monoisotopic (exact) mass is 344 g/mol. The van der Waals surface area contributed by atoms with E-state index in [1.54, 1.807) is 18.6 Å². The molecule has 3 atom stereocenters. The van der Waals surface area contributed by atoms with Crippen molar-refractivity contribution in [2.24, 2.45) is 17.0 Å². The summed E-state index contributed by atoms with van der Waals surface area (Å²) in [6, 6.07) is 6.68. The van der Waals surface area contributed by atoms with Gasteiger partial charge in [0, 0.05) is 18.8 Å². The summed E-state index contributed by atoms with van der Waals surface area (Å²) in [5, 5.41) is 13.2. The maximum absolute atomic E-state index is 12.9. The predicted octanol–water partition coefficient (Wildman–Crippen LogP) is 4.40. The van der Waals surface area contributed by atoms with Gasteiger partial charge in [0.25, 0.3) is 0 Å². The zero-order valence-electron chi connectivity index (χ0n) is 14.8. The second-order valence-electron chi connectivity index (χ2n) is 6.71. The molecule has 0 spiro atoms. The Morgan fingerprint density at radius 3 is 2.40 bits per heavy atom. The summed E-state index contributed by atoms with van der Waals surface area (Å²) in [5.41, 5.74) is 0.665. The van der Waals surface area contributed by atoms with Crippen molar-refractivity contribution in [3.63, 3.8) is 0 Å². The molecule has 0 aromatic carbocycles. The molecule has 6 nitrogen and oxygen atoms in total. The van der Waals surface area contributed by atoms with Crippen LogP contribution < -0.4 is 0 Å². The molecule has 1 aliphatic heterocycles. The van der Waals surface area contributed by atoms with Gasteiger partial charge >= 0.3 is 0 Å². The van der Waals surface area contributed by atoms with Gasteiger partial charge in [-0.15, -0.1) is 0 Å². The lowest BCUT2D eigenvalue weighted by atomic mass is 9.75. The SMILES string of the molecule is CCC(=O)N1C(c2ccco2)C/C(=N\O)[C@H](C(C)C)C1c1ccco1. The van der Waals surface area contributed by atoms with E-state index in [2.05, 4.69) is 19.0 Å². The predicted molar refractivity (Wildman–Crippen MR) is 92.2 cm³/mol. The molecule has 6 heteroatoms. The van der Waals surface area contributed by atoms with Crippen LogP contribution in [0.2, 0.25) is 0 Å². The number of likely N-dealkylation sites (tertiary alicyclic amines) is 1. The Hall–Kier alpha value is -2.50. The van der Waals surface area contributed by atoms with Gasteiger partial charge in [0.05, 0.1) is 30.3 Å². The van der Waals surface area contributed by atoms with E-state index < -0.39 is 0 Å². The van der Waals surface area contributed by atoms with Crippen molar-refractivity contribution in [3.8, 4) is 0 Å². The van der Waals surface area contributed by atoms with Crippen LogP contribution in [0.15, 0.2) is 50.8 Å². The highest BCUT2D eigenvalue weighted by atomic mass is 16.4. The summed E-state index contributed by atoms with van der Waals surface area (Å²) in [6.07, 6.45) is 4.02. The van der Waals surface area contributed by atoms with Crippen LogP contribution in [0.4, 0.5) is 0 Å². The van der Waals surface area contributed by atoms with Crippen molar-refractivity contribution in [1.29, 1.82) is 0 Å². The molecule has 1 saturated heterocycles. The summed E-state index contributed by atoms with van der Waals surface area (Å²) in [4.78, 5) is 14.7. The van der Waals surface area contributed by atoms with Gasteiger partial charge in [0.2, 0.25) is 5.91 Å². The van der Waals surface area contributed by atoms with Crippen molar-refractivity contribution in [2.75, 3.05) is 0 Å². The molecule has 2 aromatic rings. The maximum Gasteiger partial charge on any atom is 0.223 e. The summed E-state index contributed by atoms with van der Waals surface area (Å²) >= 11 is 0. The third-order valence-corrected chi connectivity index (χ3v) is 4.91. The zero-order valence-corrected chi connectivity index (χ0v) is 14.8. The van der Waals surface area contributed by atoms with Gasteiger partial charge < -0.3 is 18.9 Å². The highest BCUT2D eigenvalue weighted by Gasteiger charge is 2.47. The molecule has 134 valence electrons. The van der Waals surface area contributed by atoms with Gasteiger partial charge in [0.15, 0.2) is 0 Å². The second-order valence-corrected chi connectivity index (χ2v) is 6.71. The lowest BCUT2D eigenvalue weighted by molar-refractivity contribution is -0.139.